The maximum absolute atomic E-state index is 11.3. The lowest BCUT2D eigenvalue weighted by Gasteiger charge is -2.13. The van der Waals surface area contributed by atoms with Gasteiger partial charge in [-0.2, -0.15) is 0 Å². The van der Waals surface area contributed by atoms with Crippen LogP contribution in [0.4, 0.5) is 11.4 Å². The van der Waals surface area contributed by atoms with E-state index >= 15 is 0 Å². The van der Waals surface area contributed by atoms with Crippen LogP contribution in [-0.2, 0) is 0 Å². The molecule has 0 saturated carbocycles. The van der Waals surface area contributed by atoms with Crippen LogP contribution in [0, 0.1) is 10.1 Å². The molecule has 1 heterocycles. The van der Waals surface area contributed by atoms with Crippen molar-refractivity contribution in [3.8, 4) is 5.75 Å². The molecule has 0 unspecified atom stereocenters. The summed E-state index contributed by atoms with van der Waals surface area (Å²) in [5, 5.41) is 17.9. The number of rotatable bonds is 8. The molecule has 116 valence electrons. The van der Waals surface area contributed by atoms with E-state index in [1.807, 2.05) is 6.92 Å². The van der Waals surface area contributed by atoms with Gasteiger partial charge in [-0.1, -0.05) is 13.0 Å². The number of para-hydroxylation sites is 1. The maximum Gasteiger partial charge on any atom is 0.333 e. The number of nitro groups is 1. The zero-order valence-corrected chi connectivity index (χ0v) is 12.4. The topological polar surface area (TPSA) is 76.4 Å². The molecule has 0 spiro atoms. The average Bonchev–Trinajstić information content (AvgIpc) is 2.98. The monoisotopic (exact) mass is 293 g/mol. The molecule has 0 aromatic heterocycles. The summed E-state index contributed by atoms with van der Waals surface area (Å²) >= 11 is 0. The first kappa shape index (κ1) is 15.6. The molecule has 1 aromatic carbocycles. The summed E-state index contributed by atoms with van der Waals surface area (Å²) in [4.78, 5) is 10.9. The van der Waals surface area contributed by atoms with Gasteiger partial charge in [0, 0.05) is 12.6 Å². The molecular weight excluding hydrogens is 270 g/mol. The lowest BCUT2D eigenvalue weighted by Crippen LogP contribution is -2.24. The second-order valence-corrected chi connectivity index (χ2v) is 5.27. The number of ether oxygens (including phenoxy) is 1. The minimum atomic E-state index is -0.374. The molecule has 6 heteroatoms. The first-order chi connectivity index (χ1) is 10.2. The van der Waals surface area contributed by atoms with E-state index in [4.69, 9.17) is 4.74 Å². The van der Waals surface area contributed by atoms with Crippen molar-refractivity contribution in [2.75, 3.05) is 25.0 Å². The van der Waals surface area contributed by atoms with Gasteiger partial charge in [0.05, 0.1) is 11.5 Å². The van der Waals surface area contributed by atoms with E-state index in [-0.39, 0.29) is 10.6 Å². The summed E-state index contributed by atoms with van der Waals surface area (Å²) in [6.07, 6.45) is 4.19. The van der Waals surface area contributed by atoms with Crippen molar-refractivity contribution < 1.29 is 9.66 Å². The number of nitro benzene ring substituents is 1. The van der Waals surface area contributed by atoms with Gasteiger partial charge in [-0.15, -0.1) is 0 Å². The van der Waals surface area contributed by atoms with E-state index in [2.05, 4.69) is 10.6 Å². The van der Waals surface area contributed by atoms with Crippen molar-refractivity contribution in [2.24, 2.45) is 0 Å². The molecule has 2 N–H and O–H groups in total. The molecule has 0 bridgehead atoms. The van der Waals surface area contributed by atoms with Crippen LogP contribution in [-0.4, -0.2) is 30.7 Å². The van der Waals surface area contributed by atoms with Crippen LogP contribution >= 0.6 is 0 Å². The minimum Gasteiger partial charge on any atom is -0.487 e. The Kier molecular flexibility index (Phi) is 5.80. The third kappa shape index (κ3) is 4.32. The Bertz CT molecular complexity index is 473. The van der Waals surface area contributed by atoms with Crippen molar-refractivity contribution in [1.29, 1.82) is 0 Å². The molecule has 0 amide bonds. The highest BCUT2D eigenvalue weighted by Crippen LogP contribution is 2.34. The lowest BCUT2D eigenvalue weighted by atomic mass is 10.1. The minimum absolute atomic E-state index is 0.0327. The van der Waals surface area contributed by atoms with Crippen molar-refractivity contribution in [3.05, 3.63) is 28.3 Å². The van der Waals surface area contributed by atoms with E-state index < -0.39 is 0 Å². The zero-order chi connectivity index (χ0) is 15.1. The largest absolute Gasteiger partial charge is 0.487 e. The van der Waals surface area contributed by atoms with E-state index in [1.54, 1.807) is 18.2 Å². The predicted octanol–water partition coefficient (Wildman–Crippen LogP) is 2.94. The Balaban J connectivity index is 2.01. The fourth-order valence-corrected chi connectivity index (χ4v) is 2.57. The first-order valence-electron chi connectivity index (χ1n) is 7.59. The number of hydrogen-bond donors (Lipinski definition) is 2. The van der Waals surface area contributed by atoms with E-state index in [0.29, 0.717) is 24.1 Å². The van der Waals surface area contributed by atoms with Crippen LogP contribution in [0.2, 0.25) is 0 Å². The lowest BCUT2D eigenvalue weighted by molar-refractivity contribution is -0.385. The van der Waals surface area contributed by atoms with Gasteiger partial charge in [-0.3, -0.25) is 10.1 Å². The Labute approximate surface area is 125 Å². The zero-order valence-electron chi connectivity index (χ0n) is 12.4. The van der Waals surface area contributed by atoms with Gasteiger partial charge in [0.25, 0.3) is 0 Å². The molecule has 1 aromatic rings. The highest BCUT2D eigenvalue weighted by atomic mass is 16.6. The predicted molar refractivity (Wildman–Crippen MR) is 83.0 cm³/mol. The smallest absolute Gasteiger partial charge is 0.333 e. The first-order valence-corrected chi connectivity index (χ1v) is 7.59. The summed E-state index contributed by atoms with van der Waals surface area (Å²) in [6.45, 7) is 4.25. The van der Waals surface area contributed by atoms with E-state index in [1.165, 1.54) is 12.8 Å². The Morgan fingerprint density at radius 1 is 1.52 bits per heavy atom. The van der Waals surface area contributed by atoms with Gasteiger partial charge in [0.2, 0.25) is 0 Å². The quantitative estimate of drug-likeness (QED) is 0.569. The molecule has 1 saturated heterocycles. The molecule has 0 radical (unpaired) electrons. The Hall–Kier alpha value is -1.82. The summed E-state index contributed by atoms with van der Waals surface area (Å²) in [7, 11) is 0. The number of nitrogens with one attached hydrogen (secondary N) is 2. The van der Waals surface area contributed by atoms with Crippen LogP contribution in [0.1, 0.15) is 32.6 Å². The summed E-state index contributed by atoms with van der Waals surface area (Å²) in [5.41, 5.74) is 0.567. The fraction of sp³-hybridized carbons (Fsp3) is 0.600. The highest BCUT2D eigenvalue weighted by molar-refractivity contribution is 5.68. The van der Waals surface area contributed by atoms with Gasteiger partial charge in [0.15, 0.2) is 5.75 Å². The molecule has 1 aliphatic heterocycles. The molecule has 1 atom stereocenters. The molecular formula is C15H23N3O3. The van der Waals surface area contributed by atoms with Gasteiger partial charge in [-0.25, -0.2) is 0 Å². The second-order valence-electron chi connectivity index (χ2n) is 5.27. The molecule has 6 nitrogen and oxygen atoms in total. The molecule has 1 aliphatic rings. The van der Waals surface area contributed by atoms with Crippen LogP contribution in [0.3, 0.4) is 0 Å². The third-order valence-corrected chi connectivity index (χ3v) is 3.61. The molecule has 21 heavy (non-hydrogen) atoms. The van der Waals surface area contributed by atoms with Crippen LogP contribution in [0.5, 0.6) is 5.75 Å². The SMILES string of the molecule is CCCOc1cccc(NCC[C@H]2CCCN2)c1[N+](=O)[O-]. The van der Waals surface area contributed by atoms with Crippen molar-refractivity contribution in [1.82, 2.24) is 5.32 Å². The standard InChI is InChI=1S/C15H23N3O3/c1-2-11-21-14-7-3-6-13(15(14)18(19)20)17-10-8-12-5-4-9-16-12/h3,6-7,12,16-17H,2,4-5,8-11H2,1H3/t12-/m1/s1. The summed E-state index contributed by atoms with van der Waals surface area (Å²) < 4.78 is 5.47. The Morgan fingerprint density at radius 2 is 2.38 bits per heavy atom. The number of hydrogen-bond acceptors (Lipinski definition) is 5. The summed E-state index contributed by atoms with van der Waals surface area (Å²) in [6, 6.07) is 5.70. The third-order valence-electron chi connectivity index (χ3n) is 3.61. The van der Waals surface area contributed by atoms with Crippen LogP contribution in [0.15, 0.2) is 18.2 Å². The Morgan fingerprint density at radius 3 is 3.05 bits per heavy atom. The van der Waals surface area contributed by atoms with Crippen molar-refractivity contribution in [2.45, 2.75) is 38.6 Å². The number of benzene rings is 1. The number of anilines is 1. The van der Waals surface area contributed by atoms with Crippen molar-refractivity contribution >= 4 is 11.4 Å². The second kappa shape index (κ2) is 7.83. The summed E-state index contributed by atoms with van der Waals surface area (Å²) in [5.74, 6) is 0.339. The molecule has 2 rings (SSSR count). The molecule has 0 aliphatic carbocycles. The van der Waals surface area contributed by atoms with Crippen LogP contribution < -0.4 is 15.4 Å². The van der Waals surface area contributed by atoms with E-state index in [9.17, 15) is 10.1 Å². The normalized spacial score (nSPS) is 17.7. The van der Waals surface area contributed by atoms with Crippen LogP contribution in [0.25, 0.3) is 0 Å². The van der Waals surface area contributed by atoms with Crippen molar-refractivity contribution in [3.63, 3.8) is 0 Å². The average molecular weight is 293 g/mol. The van der Waals surface area contributed by atoms with E-state index in [0.717, 1.165) is 25.9 Å². The van der Waals surface area contributed by atoms with Gasteiger partial charge in [0.1, 0.15) is 5.69 Å². The van der Waals surface area contributed by atoms with Gasteiger partial charge < -0.3 is 15.4 Å². The highest BCUT2D eigenvalue weighted by Gasteiger charge is 2.21. The van der Waals surface area contributed by atoms with Gasteiger partial charge in [-0.05, 0) is 44.4 Å². The molecule has 1 fully saturated rings. The fourth-order valence-electron chi connectivity index (χ4n) is 2.57. The van der Waals surface area contributed by atoms with Gasteiger partial charge >= 0.3 is 5.69 Å². The number of nitrogens with zero attached hydrogens (tertiary/aromatic N) is 1. The maximum atomic E-state index is 11.3.